The van der Waals surface area contributed by atoms with Crippen molar-refractivity contribution in [2.24, 2.45) is 0 Å². The average molecular weight is 231 g/mol. The van der Waals surface area contributed by atoms with Crippen molar-refractivity contribution in [3.8, 4) is 0 Å². The van der Waals surface area contributed by atoms with Crippen LogP contribution in [0.2, 0.25) is 0 Å². The molecule has 0 radical (unpaired) electrons. The Kier molecular flexibility index (Phi) is 1.95. The van der Waals surface area contributed by atoms with Gasteiger partial charge in [-0.15, -0.1) is 0 Å². The van der Waals surface area contributed by atoms with Crippen molar-refractivity contribution in [3.05, 3.63) is 0 Å². The molecular formula is C9H18N3PS. The van der Waals surface area contributed by atoms with Gasteiger partial charge in [-0.1, -0.05) is 0 Å². The number of hydrogen-bond donors (Lipinski definition) is 0. The summed E-state index contributed by atoms with van der Waals surface area (Å²) in [6, 6.07) is 2.21. The normalized spacial score (nSPS) is 59.1. The lowest BCUT2D eigenvalue weighted by Gasteiger charge is -2.27. The molecule has 0 bridgehead atoms. The average Bonchev–Trinajstić information content (AvgIpc) is 2.91. The predicted octanol–water partition coefficient (Wildman–Crippen LogP) is 1.32. The van der Waals surface area contributed by atoms with Gasteiger partial charge in [0.15, 0.2) is 0 Å². The van der Waals surface area contributed by atoms with Gasteiger partial charge in [0.25, 0.3) is 0 Å². The van der Waals surface area contributed by atoms with E-state index in [9.17, 15) is 0 Å². The molecule has 5 heteroatoms. The number of nitrogens with zero attached hydrogens (tertiary/aromatic N) is 3. The van der Waals surface area contributed by atoms with Gasteiger partial charge in [0.05, 0.1) is 0 Å². The first-order valence-electron chi connectivity index (χ1n) is 5.46. The molecule has 6 atom stereocenters. The van der Waals surface area contributed by atoms with Crippen LogP contribution in [0, 0.1) is 0 Å². The molecule has 80 valence electrons. The van der Waals surface area contributed by atoms with Gasteiger partial charge in [0.2, 0.25) is 0 Å². The standard InChI is InChI=1S/C9H18N3PS/c1-7-4-10(7)13(14,11-5-8(11)2)12-6-9(12)3/h7-9H,4-6H2,1-3H3. The molecule has 3 aliphatic rings. The monoisotopic (exact) mass is 231 g/mol. The predicted molar refractivity (Wildman–Crippen MR) is 62.8 cm³/mol. The van der Waals surface area contributed by atoms with Gasteiger partial charge < -0.3 is 0 Å². The summed E-state index contributed by atoms with van der Waals surface area (Å²) in [5.74, 6) is 0. The summed E-state index contributed by atoms with van der Waals surface area (Å²) in [7, 11) is 0. The molecule has 0 aromatic heterocycles. The zero-order valence-electron chi connectivity index (χ0n) is 9.05. The highest BCUT2D eigenvalue weighted by molar-refractivity contribution is 8.11. The zero-order chi connectivity index (χ0) is 10.1. The summed E-state index contributed by atoms with van der Waals surface area (Å²) in [5, 5.41) is 0. The quantitative estimate of drug-likeness (QED) is 0.535. The molecule has 3 aliphatic heterocycles. The summed E-state index contributed by atoms with van der Waals surface area (Å²) in [4.78, 5) is 0. The van der Waals surface area contributed by atoms with Crippen LogP contribution in [0.3, 0.4) is 0 Å². The van der Waals surface area contributed by atoms with Gasteiger partial charge in [-0.3, -0.25) is 0 Å². The topological polar surface area (TPSA) is 9.03 Å². The van der Waals surface area contributed by atoms with E-state index < -0.39 is 6.49 Å². The van der Waals surface area contributed by atoms with E-state index in [2.05, 4.69) is 34.8 Å². The third kappa shape index (κ3) is 1.25. The van der Waals surface area contributed by atoms with E-state index in [1.54, 1.807) is 0 Å². The third-order valence-electron chi connectivity index (χ3n) is 3.48. The lowest BCUT2D eigenvalue weighted by molar-refractivity contribution is 0.631. The van der Waals surface area contributed by atoms with Crippen LogP contribution in [0.15, 0.2) is 0 Å². The molecule has 3 nitrogen and oxygen atoms in total. The van der Waals surface area contributed by atoms with Gasteiger partial charge in [0.1, 0.15) is 6.49 Å². The minimum Gasteiger partial charge on any atom is -0.246 e. The van der Waals surface area contributed by atoms with Crippen molar-refractivity contribution < 1.29 is 0 Å². The van der Waals surface area contributed by atoms with E-state index in [4.69, 9.17) is 11.8 Å². The van der Waals surface area contributed by atoms with Gasteiger partial charge in [-0.05, 0) is 32.6 Å². The van der Waals surface area contributed by atoms with E-state index in [-0.39, 0.29) is 0 Å². The largest absolute Gasteiger partial charge is 0.246 e. The molecule has 0 spiro atoms. The highest BCUT2D eigenvalue weighted by atomic mass is 32.4. The van der Waals surface area contributed by atoms with E-state index in [1.807, 2.05) is 0 Å². The maximum atomic E-state index is 5.98. The fourth-order valence-electron chi connectivity index (χ4n) is 2.20. The van der Waals surface area contributed by atoms with Crippen LogP contribution >= 0.6 is 6.49 Å². The second-order valence-electron chi connectivity index (χ2n) is 4.93. The van der Waals surface area contributed by atoms with Crippen molar-refractivity contribution in [3.63, 3.8) is 0 Å². The Morgan fingerprint density at radius 1 is 0.857 bits per heavy atom. The first kappa shape index (κ1) is 9.73. The van der Waals surface area contributed by atoms with Gasteiger partial charge in [0, 0.05) is 37.8 Å². The van der Waals surface area contributed by atoms with E-state index in [0.717, 1.165) is 18.1 Å². The lowest BCUT2D eigenvalue weighted by Crippen LogP contribution is -2.15. The van der Waals surface area contributed by atoms with Crippen molar-refractivity contribution in [2.45, 2.75) is 38.9 Å². The first-order valence-corrected chi connectivity index (χ1v) is 8.12. The van der Waals surface area contributed by atoms with Crippen LogP contribution < -0.4 is 0 Å². The molecular weight excluding hydrogens is 213 g/mol. The highest BCUT2D eigenvalue weighted by Crippen LogP contribution is 2.70. The molecule has 0 saturated carbocycles. The van der Waals surface area contributed by atoms with E-state index >= 15 is 0 Å². The molecule has 3 saturated heterocycles. The molecule has 6 unspecified atom stereocenters. The van der Waals surface area contributed by atoms with Gasteiger partial charge in [-0.2, -0.15) is 0 Å². The summed E-state index contributed by atoms with van der Waals surface area (Å²) in [6.45, 7) is 9.13. The van der Waals surface area contributed by atoms with Crippen LogP contribution in [0.25, 0.3) is 0 Å². The molecule has 3 rings (SSSR count). The fraction of sp³-hybridized carbons (Fsp3) is 1.00. The van der Waals surface area contributed by atoms with E-state index in [1.165, 1.54) is 19.6 Å². The molecule has 0 N–H and O–H groups in total. The summed E-state index contributed by atoms with van der Waals surface area (Å²) < 4.78 is 7.65. The number of rotatable bonds is 3. The molecule has 0 aromatic rings. The van der Waals surface area contributed by atoms with E-state index in [0.29, 0.717) is 0 Å². The smallest absolute Gasteiger partial charge is 0.146 e. The highest BCUT2D eigenvalue weighted by Gasteiger charge is 2.58. The Bertz CT molecular complexity index is 274. The molecule has 3 heterocycles. The maximum Gasteiger partial charge on any atom is 0.146 e. The van der Waals surface area contributed by atoms with Gasteiger partial charge in [-0.25, -0.2) is 14.0 Å². The van der Waals surface area contributed by atoms with Crippen molar-refractivity contribution in [2.75, 3.05) is 19.6 Å². The molecule has 0 aliphatic carbocycles. The summed E-state index contributed by atoms with van der Waals surface area (Å²) >= 11 is 5.98. The first-order chi connectivity index (χ1) is 6.55. The van der Waals surface area contributed by atoms with Crippen LogP contribution in [-0.2, 0) is 11.8 Å². The van der Waals surface area contributed by atoms with Crippen LogP contribution in [0.1, 0.15) is 20.8 Å². The van der Waals surface area contributed by atoms with Crippen LogP contribution in [0.5, 0.6) is 0 Å². The minimum absolute atomic E-state index is 0.737. The second-order valence-corrected chi connectivity index (χ2v) is 8.96. The van der Waals surface area contributed by atoms with Gasteiger partial charge >= 0.3 is 0 Å². The summed E-state index contributed by atoms with van der Waals surface area (Å²) in [5.41, 5.74) is 0. The van der Waals surface area contributed by atoms with Crippen molar-refractivity contribution in [1.29, 1.82) is 0 Å². The number of hydrogen-bond acceptors (Lipinski definition) is 1. The molecule has 0 amide bonds. The second kappa shape index (κ2) is 2.80. The van der Waals surface area contributed by atoms with Crippen molar-refractivity contribution in [1.82, 2.24) is 14.0 Å². The maximum absolute atomic E-state index is 5.98. The summed E-state index contributed by atoms with van der Waals surface area (Å²) in [6.07, 6.45) is 0. The molecule has 3 fully saturated rings. The third-order valence-corrected chi connectivity index (χ3v) is 9.05. The minimum atomic E-state index is -1.44. The Morgan fingerprint density at radius 3 is 1.21 bits per heavy atom. The SMILES string of the molecule is CC1CN1P(=S)(N1CC1C)N1CC1C. The Labute approximate surface area is 91.2 Å². The fourth-order valence-corrected chi connectivity index (χ4v) is 8.02. The van der Waals surface area contributed by atoms with Crippen LogP contribution in [-0.4, -0.2) is 51.8 Å². The lowest BCUT2D eigenvalue weighted by atomic mass is 10.6. The van der Waals surface area contributed by atoms with Crippen LogP contribution in [0.4, 0.5) is 0 Å². The molecule has 0 aromatic carbocycles. The Morgan fingerprint density at radius 2 is 1.07 bits per heavy atom. The van der Waals surface area contributed by atoms with Crippen molar-refractivity contribution >= 4 is 18.3 Å². The molecule has 14 heavy (non-hydrogen) atoms. The Balaban J connectivity index is 1.84. The Hall–Kier alpha value is 0.530. The zero-order valence-corrected chi connectivity index (χ0v) is 10.8.